The summed E-state index contributed by atoms with van der Waals surface area (Å²) in [6, 6.07) is 7.84. The molecule has 0 saturated carbocycles. The molecule has 0 fully saturated rings. The molecule has 5 nitrogen and oxygen atoms in total. The summed E-state index contributed by atoms with van der Waals surface area (Å²) >= 11 is 7.56. The van der Waals surface area contributed by atoms with E-state index in [1.807, 2.05) is 29.6 Å². The summed E-state index contributed by atoms with van der Waals surface area (Å²) in [4.78, 5) is 8.48. The van der Waals surface area contributed by atoms with Crippen LogP contribution in [0.4, 0.5) is 17.2 Å². The monoisotopic (exact) mass is 318 g/mol. The molecule has 1 aliphatic heterocycles. The zero-order chi connectivity index (χ0) is 14.2. The van der Waals surface area contributed by atoms with E-state index in [-0.39, 0.29) is 5.28 Å². The Balaban J connectivity index is 1.72. The van der Waals surface area contributed by atoms with Crippen LogP contribution in [-0.4, -0.2) is 23.1 Å². The first kappa shape index (κ1) is 12.7. The number of nitrogens with one attached hydrogen (secondary N) is 2. The van der Waals surface area contributed by atoms with Crippen molar-refractivity contribution in [2.45, 2.75) is 0 Å². The van der Waals surface area contributed by atoms with E-state index in [4.69, 9.17) is 16.3 Å². The number of benzene rings is 1. The van der Waals surface area contributed by atoms with E-state index in [0.29, 0.717) is 6.61 Å². The topological polar surface area (TPSA) is 59.1 Å². The van der Waals surface area contributed by atoms with Crippen LogP contribution < -0.4 is 15.4 Å². The van der Waals surface area contributed by atoms with Gasteiger partial charge in [-0.1, -0.05) is 0 Å². The largest absolute Gasteiger partial charge is 0.490 e. The molecule has 3 aromatic rings. The highest BCUT2D eigenvalue weighted by Crippen LogP contribution is 2.33. The second kappa shape index (κ2) is 5.05. The van der Waals surface area contributed by atoms with Gasteiger partial charge in [0.1, 0.15) is 12.4 Å². The van der Waals surface area contributed by atoms with Gasteiger partial charge >= 0.3 is 0 Å². The zero-order valence-electron chi connectivity index (χ0n) is 10.9. The fraction of sp³-hybridized carbons (Fsp3) is 0.143. The van der Waals surface area contributed by atoms with Crippen molar-refractivity contribution in [1.82, 2.24) is 9.97 Å². The first-order valence-electron chi connectivity index (χ1n) is 6.48. The minimum atomic E-state index is 0.239. The van der Waals surface area contributed by atoms with E-state index in [1.165, 1.54) is 0 Å². The highest BCUT2D eigenvalue weighted by Gasteiger charge is 2.12. The molecule has 2 aromatic heterocycles. The summed E-state index contributed by atoms with van der Waals surface area (Å²) in [6.45, 7) is 1.50. The van der Waals surface area contributed by atoms with Gasteiger partial charge in [-0.25, -0.2) is 4.98 Å². The molecule has 7 heteroatoms. The molecule has 0 saturated heterocycles. The first-order chi connectivity index (χ1) is 10.3. The Morgan fingerprint density at radius 3 is 3.19 bits per heavy atom. The lowest BCUT2D eigenvalue weighted by atomic mass is 10.2. The SMILES string of the molecule is Clc1nc(Nc2ccc3c(c2)NCCO3)c2sccc2n1. The van der Waals surface area contributed by atoms with Crippen LogP contribution in [0.3, 0.4) is 0 Å². The molecule has 3 heterocycles. The standard InChI is InChI=1S/C14H11ClN4OS/c15-14-18-9-3-6-21-12(9)13(19-14)17-8-1-2-11-10(7-8)16-4-5-20-11/h1-3,6-7,16H,4-5H2,(H,17,18,19). The van der Waals surface area contributed by atoms with E-state index >= 15 is 0 Å². The highest BCUT2D eigenvalue weighted by atomic mass is 35.5. The van der Waals surface area contributed by atoms with E-state index in [9.17, 15) is 0 Å². The molecular formula is C14H11ClN4OS. The predicted octanol–water partition coefficient (Wildman–Crippen LogP) is 3.89. The number of ether oxygens (including phenoxy) is 1. The molecular weight excluding hydrogens is 308 g/mol. The molecule has 106 valence electrons. The van der Waals surface area contributed by atoms with Crippen molar-refractivity contribution in [1.29, 1.82) is 0 Å². The number of nitrogens with zero attached hydrogens (tertiary/aromatic N) is 2. The van der Waals surface area contributed by atoms with Crippen molar-refractivity contribution >= 4 is 50.3 Å². The molecule has 1 aliphatic rings. The van der Waals surface area contributed by atoms with Crippen molar-refractivity contribution in [2.75, 3.05) is 23.8 Å². The van der Waals surface area contributed by atoms with E-state index in [0.717, 1.165) is 39.7 Å². The quantitative estimate of drug-likeness (QED) is 0.702. The summed E-state index contributed by atoms with van der Waals surface area (Å²) in [5.74, 6) is 1.59. The molecule has 0 unspecified atom stereocenters. The fourth-order valence-corrected chi connectivity index (χ4v) is 3.23. The average molecular weight is 319 g/mol. The van der Waals surface area contributed by atoms with E-state index < -0.39 is 0 Å². The molecule has 0 amide bonds. The molecule has 0 spiro atoms. The minimum Gasteiger partial charge on any atom is -0.490 e. The van der Waals surface area contributed by atoms with Gasteiger partial charge in [0.05, 0.1) is 15.9 Å². The van der Waals surface area contributed by atoms with Crippen LogP contribution in [-0.2, 0) is 0 Å². The van der Waals surface area contributed by atoms with Gasteiger partial charge in [-0.05, 0) is 41.2 Å². The van der Waals surface area contributed by atoms with Gasteiger partial charge in [0.15, 0.2) is 5.82 Å². The molecule has 21 heavy (non-hydrogen) atoms. The Hall–Kier alpha value is -2.05. The van der Waals surface area contributed by atoms with Crippen LogP contribution in [0.1, 0.15) is 0 Å². The number of thiophene rings is 1. The van der Waals surface area contributed by atoms with Crippen molar-refractivity contribution in [3.8, 4) is 5.75 Å². The second-order valence-corrected chi connectivity index (χ2v) is 5.84. The molecule has 0 aliphatic carbocycles. The van der Waals surface area contributed by atoms with Crippen LogP contribution in [0.25, 0.3) is 10.2 Å². The summed E-state index contributed by atoms with van der Waals surface area (Å²) < 4.78 is 6.56. The zero-order valence-corrected chi connectivity index (χ0v) is 12.5. The normalized spacial score (nSPS) is 13.4. The number of hydrogen-bond donors (Lipinski definition) is 2. The van der Waals surface area contributed by atoms with Gasteiger partial charge in [0, 0.05) is 12.2 Å². The van der Waals surface area contributed by atoms with Gasteiger partial charge in [0.25, 0.3) is 0 Å². The third-order valence-corrected chi connectivity index (χ3v) is 4.27. The predicted molar refractivity (Wildman–Crippen MR) is 86.1 cm³/mol. The Bertz CT molecular complexity index is 820. The van der Waals surface area contributed by atoms with Gasteiger partial charge in [-0.15, -0.1) is 11.3 Å². The van der Waals surface area contributed by atoms with Gasteiger partial charge < -0.3 is 15.4 Å². The smallest absolute Gasteiger partial charge is 0.224 e. The van der Waals surface area contributed by atoms with Crippen LogP contribution in [0, 0.1) is 0 Å². The Labute approximate surface area is 129 Å². The molecule has 4 rings (SSSR count). The minimum absolute atomic E-state index is 0.239. The number of rotatable bonds is 2. The van der Waals surface area contributed by atoms with Crippen molar-refractivity contribution < 1.29 is 4.74 Å². The van der Waals surface area contributed by atoms with Crippen LogP contribution >= 0.6 is 22.9 Å². The summed E-state index contributed by atoms with van der Waals surface area (Å²) in [6.07, 6.45) is 0. The third-order valence-electron chi connectivity index (χ3n) is 3.19. The maximum Gasteiger partial charge on any atom is 0.224 e. The van der Waals surface area contributed by atoms with E-state index in [1.54, 1.807) is 11.3 Å². The Kier molecular flexibility index (Phi) is 3.05. The lowest BCUT2D eigenvalue weighted by molar-refractivity contribution is 0.323. The molecule has 1 aromatic carbocycles. The second-order valence-electron chi connectivity index (χ2n) is 4.59. The fourth-order valence-electron chi connectivity index (χ4n) is 2.28. The lowest BCUT2D eigenvalue weighted by Gasteiger charge is -2.20. The maximum absolute atomic E-state index is 5.97. The van der Waals surface area contributed by atoms with Gasteiger partial charge in [0.2, 0.25) is 5.28 Å². The number of anilines is 3. The Morgan fingerprint density at radius 1 is 1.29 bits per heavy atom. The third kappa shape index (κ3) is 2.36. The first-order valence-corrected chi connectivity index (χ1v) is 7.74. The van der Waals surface area contributed by atoms with E-state index in [2.05, 4.69) is 20.6 Å². The molecule has 0 atom stereocenters. The van der Waals surface area contributed by atoms with Crippen molar-refractivity contribution in [3.05, 3.63) is 34.9 Å². The van der Waals surface area contributed by atoms with Gasteiger partial charge in [-0.2, -0.15) is 4.98 Å². The average Bonchev–Trinajstić information content (AvgIpc) is 2.95. The number of aromatic nitrogens is 2. The maximum atomic E-state index is 5.97. The molecule has 0 radical (unpaired) electrons. The summed E-state index contributed by atoms with van der Waals surface area (Å²) in [5.41, 5.74) is 2.76. The van der Waals surface area contributed by atoms with Crippen LogP contribution in [0.15, 0.2) is 29.6 Å². The number of halogens is 1. The summed E-state index contributed by atoms with van der Waals surface area (Å²) in [5, 5.41) is 8.83. The van der Waals surface area contributed by atoms with Crippen LogP contribution in [0.5, 0.6) is 5.75 Å². The molecule has 0 bridgehead atoms. The number of fused-ring (bicyclic) bond motifs is 2. The van der Waals surface area contributed by atoms with Crippen molar-refractivity contribution in [2.24, 2.45) is 0 Å². The lowest BCUT2D eigenvalue weighted by Crippen LogP contribution is -2.17. The summed E-state index contributed by atoms with van der Waals surface area (Å²) in [7, 11) is 0. The van der Waals surface area contributed by atoms with Crippen LogP contribution in [0.2, 0.25) is 5.28 Å². The van der Waals surface area contributed by atoms with Crippen molar-refractivity contribution in [3.63, 3.8) is 0 Å². The van der Waals surface area contributed by atoms with Gasteiger partial charge in [-0.3, -0.25) is 0 Å². The molecule has 2 N–H and O–H groups in total. The highest BCUT2D eigenvalue weighted by molar-refractivity contribution is 7.17. The number of hydrogen-bond acceptors (Lipinski definition) is 6. The Morgan fingerprint density at radius 2 is 2.24 bits per heavy atom.